The van der Waals surface area contributed by atoms with E-state index in [2.05, 4.69) is 13.8 Å². The van der Waals surface area contributed by atoms with Gasteiger partial charge in [-0.25, -0.2) is 4.79 Å². The van der Waals surface area contributed by atoms with Gasteiger partial charge in [0.15, 0.2) is 5.60 Å². The second-order valence-electron chi connectivity index (χ2n) is 5.56. The fourth-order valence-electron chi connectivity index (χ4n) is 2.93. The Balaban J connectivity index is 1.86. The quantitative estimate of drug-likeness (QED) is 0.421. The maximum Gasteiger partial charge on any atom is 0.341 e. The highest BCUT2D eigenvalue weighted by atomic mass is 16.7. The lowest BCUT2D eigenvalue weighted by molar-refractivity contribution is -0.150. The van der Waals surface area contributed by atoms with Gasteiger partial charge in [-0.05, 0) is 32.6 Å². The molecule has 2 unspecified atom stereocenters. The van der Waals surface area contributed by atoms with Crippen molar-refractivity contribution in [2.45, 2.75) is 76.4 Å². The van der Waals surface area contributed by atoms with Crippen molar-refractivity contribution in [1.29, 1.82) is 0 Å². The van der Waals surface area contributed by atoms with Crippen LogP contribution in [0.4, 0.5) is 0 Å². The average molecular weight is 240 g/mol. The molecule has 1 aliphatic heterocycles. The van der Waals surface area contributed by atoms with Gasteiger partial charge >= 0.3 is 5.97 Å². The van der Waals surface area contributed by atoms with Crippen molar-refractivity contribution in [2.75, 3.05) is 6.61 Å². The smallest absolute Gasteiger partial charge is 0.341 e. The highest BCUT2D eigenvalue weighted by Gasteiger charge is 2.72. The van der Waals surface area contributed by atoms with E-state index in [9.17, 15) is 4.79 Å². The van der Waals surface area contributed by atoms with Gasteiger partial charge in [0.05, 0.1) is 6.61 Å². The molecule has 98 valence electrons. The van der Waals surface area contributed by atoms with E-state index in [0.717, 1.165) is 38.5 Å². The van der Waals surface area contributed by atoms with Gasteiger partial charge in [0, 0.05) is 0 Å². The number of fused-ring (bicyclic) bond motifs is 1. The van der Waals surface area contributed by atoms with Gasteiger partial charge in [0.25, 0.3) is 0 Å². The zero-order chi connectivity index (χ0) is 12.4. The first-order chi connectivity index (χ1) is 8.15. The molecule has 1 saturated heterocycles. The molecule has 0 amide bonds. The number of esters is 1. The second kappa shape index (κ2) is 4.97. The molecule has 0 N–H and O–H groups in total. The van der Waals surface area contributed by atoms with Crippen LogP contribution in [0.3, 0.4) is 0 Å². The lowest BCUT2D eigenvalue weighted by Crippen LogP contribution is -2.33. The van der Waals surface area contributed by atoms with E-state index in [4.69, 9.17) is 9.47 Å². The Morgan fingerprint density at radius 2 is 2.00 bits per heavy atom. The number of carbonyl (C=O) groups is 1. The number of carbonyl (C=O) groups excluding carboxylic acids is 1. The minimum absolute atomic E-state index is 0.113. The van der Waals surface area contributed by atoms with Crippen LogP contribution in [0.2, 0.25) is 0 Å². The average Bonchev–Trinajstić information content (AvgIpc) is 2.92. The van der Waals surface area contributed by atoms with Gasteiger partial charge in [-0.3, -0.25) is 0 Å². The molecular weight excluding hydrogens is 216 g/mol. The molecule has 17 heavy (non-hydrogen) atoms. The number of rotatable bonds is 5. The van der Waals surface area contributed by atoms with E-state index in [0.29, 0.717) is 6.61 Å². The minimum Gasteiger partial charge on any atom is -0.463 e. The Labute approximate surface area is 104 Å². The van der Waals surface area contributed by atoms with Gasteiger partial charge in [0.1, 0.15) is 5.60 Å². The zero-order valence-electron chi connectivity index (χ0n) is 11.1. The van der Waals surface area contributed by atoms with Crippen LogP contribution in [0.15, 0.2) is 0 Å². The molecule has 2 rings (SSSR count). The molecule has 0 aromatic heterocycles. The van der Waals surface area contributed by atoms with Crippen LogP contribution in [-0.2, 0) is 14.3 Å². The first kappa shape index (κ1) is 12.9. The van der Waals surface area contributed by atoms with Gasteiger partial charge in [-0.2, -0.15) is 0 Å². The van der Waals surface area contributed by atoms with E-state index in [1.807, 2.05) is 0 Å². The summed E-state index contributed by atoms with van der Waals surface area (Å²) in [4.78, 5) is 12.1. The topological polar surface area (TPSA) is 38.8 Å². The first-order valence-corrected chi connectivity index (χ1v) is 7.02. The predicted octanol–water partition coefficient (Wildman–Crippen LogP) is 3.21. The van der Waals surface area contributed by atoms with Gasteiger partial charge in [0.2, 0.25) is 0 Å². The summed E-state index contributed by atoms with van der Waals surface area (Å²) in [7, 11) is 0. The standard InChI is InChI=1S/C14H24O3/c1-3-4-8-11-16-12(15)14-10-7-5-6-9-13(14,2)17-14/h3-11H2,1-2H3. The molecule has 2 fully saturated rings. The van der Waals surface area contributed by atoms with Crippen LogP contribution in [-0.4, -0.2) is 23.8 Å². The summed E-state index contributed by atoms with van der Waals surface area (Å²) in [6.07, 6.45) is 8.54. The molecule has 2 atom stereocenters. The monoisotopic (exact) mass is 240 g/mol. The van der Waals surface area contributed by atoms with Gasteiger partial charge < -0.3 is 9.47 Å². The molecule has 2 aliphatic rings. The largest absolute Gasteiger partial charge is 0.463 e. The molecule has 3 nitrogen and oxygen atoms in total. The van der Waals surface area contributed by atoms with Crippen molar-refractivity contribution < 1.29 is 14.3 Å². The SMILES string of the molecule is CCCCCOC(=O)C12CCCCCC1(C)O2. The summed E-state index contributed by atoms with van der Waals surface area (Å²) in [5.74, 6) is -0.113. The highest BCUT2D eigenvalue weighted by Crippen LogP contribution is 2.56. The summed E-state index contributed by atoms with van der Waals surface area (Å²) in [6.45, 7) is 4.76. The van der Waals surface area contributed by atoms with Crippen LogP contribution in [0.25, 0.3) is 0 Å². The van der Waals surface area contributed by atoms with Crippen LogP contribution in [0.1, 0.15) is 65.2 Å². The van der Waals surface area contributed by atoms with E-state index in [-0.39, 0.29) is 11.6 Å². The summed E-state index contributed by atoms with van der Waals surface area (Å²) >= 11 is 0. The van der Waals surface area contributed by atoms with Crippen LogP contribution in [0.5, 0.6) is 0 Å². The Bertz CT molecular complexity index is 289. The number of hydrogen-bond acceptors (Lipinski definition) is 3. The molecule has 1 heterocycles. The fourth-order valence-corrected chi connectivity index (χ4v) is 2.93. The number of ether oxygens (including phenoxy) is 2. The van der Waals surface area contributed by atoms with E-state index < -0.39 is 5.60 Å². The normalized spacial score (nSPS) is 35.9. The molecule has 0 radical (unpaired) electrons. The van der Waals surface area contributed by atoms with Crippen LogP contribution < -0.4 is 0 Å². The van der Waals surface area contributed by atoms with Crippen molar-refractivity contribution in [2.24, 2.45) is 0 Å². The zero-order valence-corrected chi connectivity index (χ0v) is 11.1. The van der Waals surface area contributed by atoms with Crippen molar-refractivity contribution in [3.8, 4) is 0 Å². The molecular formula is C14H24O3. The predicted molar refractivity (Wildman–Crippen MR) is 65.8 cm³/mol. The number of epoxide rings is 1. The Morgan fingerprint density at radius 1 is 1.24 bits per heavy atom. The third-order valence-corrected chi connectivity index (χ3v) is 4.21. The summed E-state index contributed by atoms with van der Waals surface area (Å²) < 4.78 is 11.2. The summed E-state index contributed by atoms with van der Waals surface area (Å²) in [5.41, 5.74) is -0.818. The Hall–Kier alpha value is -0.570. The maximum absolute atomic E-state index is 12.1. The molecule has 1 saturated carbocycles. The molecule has 0 aromatic carbocycles. The van der Waals surface area contributed by atoms with Crippen molar-refractivity contribution in [3.63, 3.8) is 0 Å². The fraction of sp³-hybridized carbons (Fsp3) is 0.929. The third-order valence-electron chi connectivity index (χ3n) is 4.21. The van der Waals surface area contributed by atoms with E-state index in [1.54, 1.807) is 0 Å². The Morgan fingerprint density at radius 3 is 2.76 bits per heavy atom. The third kappa shape index (κ3) is 2.35. The molecule has 0 bridgehead atoms. The molecule has 3 heteroatoms. The van der Waals surface area contributed by atoms with Crippen LogP contribution in [0, 0.1) is 0 Å². The highest BCUT2D eigenvalue weighted by molar-refractivity contribution is 5.84. The molecule has 0 spiro atoms. The van der Waals surface area contributed by atoms with Crippen molar-refractivity contribution in [3.05, 3.63) is 0 Å². The number of hydrogen-bond donors (Lipinski definition) is 0. The second-order valence-corrected chi connectivity index (χ2v) is 5.56. The summed E-state index contributed by atoms with van der Waals surface area (Å²) in [6, 6.07) is 0. The maximum atomic E-state index is 12.1. The molecule has 1 aliphatic carbocycles. The first-order valence-electron chi connectivity index (χ1n) is 7.02. The van der Waals surface area contributed by atoms with Gasteiger partial charge in [-0.1, -0.05) is 32.6 Å². The van der Waals surface area contributed by atoms with Crippen LogP contribution >= 0.6 is 0 Å². The van der Waals surface area contributed by atoms with Crippen molar-refractivity contribution >= 4 is 5.97 Å². The lowest BCUT2D eigenvalue weighted by atomic mass is 9.90. The Kier molecular flexibility index (Phi) is 3.76. The van der Waals surface area contributed by atoms with Crippen molar-refractivity contribution in [1.82, 2.24) is 0 Å². The van der Waals surface area contributed by atoms with E-state index >= 15 is 0 Å². The minimum atomic E-state index is -0.588. The van der Waals surface area contributed by atoms with Gasteiger partial charge in [-0.15, -0.1) is 0 Å². The molecule has 0 aromatic rings. The number of unbranched alkanes of at least 4 members (excludes halogenated alkanes) is 2. The summed E-state index contributed by atoms with van der Waals surface area (Å²) in [5, 5.41) is 0. The van der Waals surface area contributed by atoms with E-state index in [1.165, 1.54) is 12.8 Å². The lowest BCUT2D eigenvalue weighted by Gasteiger charge is -2.13.